The molecule has 0 heterocycles. The number of carboxylic acids is 2. The fraction of sp³-hybridized carbons (Fsp3) is 0.516. The Morgan fingerprint density at radius 3 is 2.12 bits per heavy atom. The van der Waals surface area contributed by atoms with Crippen LogP contribution in [0.4, 0.5) is 5.69 Å². The van der Waals surface area contributed by atoms with Gasteiger partial charge in [-0.2, -0.15) is 0 Å². The van der Waals surface area contributed by atoms with Crippen molar-refractivity contribution in [3.63, 3.8) is 0 Å². The minimum absolute atomic E-state index is 0. The number of carbonyl (C=O) groups excluding carboxylic acids is 1. The minimum Gasteiger partial charge on any atom is -0.481 e. The molecule has 0 fully saturated rings. The van der Waals surface area contributed by atoms with E-state index < -0.39 is 18.0 Å². The lowest BCUT2D eigenvalue weighted by molar-refractivity contribution is -0.138. The third-order valence-corrected chi connectivity index (χ3v) is 7.93. The van der Waals surface area contributed by atoms with E-state index in [9.17, 15) is 19.5 Å². The van der Waals surface area contributed by atoms with Crippen molar-refractivity contribution < 1.29 is 35.2 Å². The van der Waals surface area contributed by atoms with Crippen molar-refractivity contribution >= 4 is 35.3 Å². The number of anilines is 1. The molecule has 2 unspecified atom stereocenters. The zero-order chi connectivity index (χ0) is 28.5. The van der Waals surface area contributed by atoms with Crippen molar-refractivity contribution in [1.29, 1.82) is 0 Å². The van der Waals surface area contributed by atoms with Crippen LogP contribution in [0.15, 0.2) is 53.4 Å². The first-order valence-electron chi connectivity index (χ1n) is 14.1. The first-order valence-corrected chi connectivity index (χ1v) is 14.9. The van der Waals surface area contributed by atoms with Gasteiger partial charge in [0, 0.05) is 23.4 Å². The lowest BCUT2D eigenvalue weighted by atomic mass is 9.99. The minimum atomic E-state index is -1.03. The maximum atomic E-state index is 12.1. The van der Waals surface area contributed by atoms with Gasteiger partial charge in [-0.3, -0.25) is 14.4 Å². The van der Waals surface area contributed by atoms with Gasteiger partial charge in [-0.1, -0.05) is 75.8 Å². The van der Waals surface area contributed by atoms with Crippen LogP contribution in [0.5, 0.6) is 0 Å². The Morgan fingerprint density at radius 2 is 1.48 bits per heavy atom. The molecule has 0 saturated carbocycles. The molecular weight excluding hydrogens is 530 g/mol. The van der Waals surface area contributed by atoms with Gasteiger partial charge in [-0.05, 0) is 55.0 Å². The quantitative estimate of drug-likeness (QED) is 0.105. The van der Waals surface area contributed by atoms with Crippen molar-refractivity contribution in [1.82, 2.24) is 0 Å². The molecule has 2 aromatic carbocycles. The molecule has 0 saturated heterocycles. The number of thioether (sulfide) groups is 1. The van der Waals surface area contributed by atoms with Gasteiger partial charge >= 0.3 is 11.9 Å². The standard InChI is InChI=1S/C31H43NO6S.H2O/c1-2-3-4-5-6-7-8-11-23-16-18-24(19-17-23)31(27(33)14-10-15-29(35)36)39-26-13-9-12-25(22-26)32-28(34)20-21-30(37)38;/h9,12-13,16-19,22,27,31,33H,2-8,10-11,14-15,20-21H2,1H3,(H,32,34)(H,35,36)(H,37,38);1H2. The summed E-state index contributed by atoms with van der Waals surface area (Å²) >= 11 is 1.46. The summed E-state index contributed by atoms with van der Waals surface area (Å²) in [5, 5.41) is 31.3. The van der Waals surface area contributed by atoms with Crippen LogP contribution < -0.4 is 5.32 Å². The molecule has 6 N–H and O–H groups in total. The summed E-state index contributed by atoms with van der Waals surface area (Å²) in [6.07, 6.45) is 9.53. The number of carbonyl (C=O) groups is 3. The summed E-state index contributed by atoms with van der Waals surface area (Å²) in [7, 11) is 0. The van der Waals surface area contributed by atoms with Crippen molar-refractivity contribution in [2.45, 2.75) is 107 Å². The number of unbranched alkanes of at least 4 members (excludes halogenated alkanes) is 6. The number of rotatable bonds is 20. The Balaban J connectivity index is 0.00000800. The number of benzene rings is 2. The van der Waals surface area contributed by atoms with Gasteiger partial charge in [-0.25, -0.2) is 0 Å². The van der Waals surface area contributed by atoms with Gasteiger partial charge in [-0.15, -0.1) is 11.8 Å². The van der Waals surface area contributed by atoms with Gasteiger partial charge in [0.25, 0.3) is 0 Å². The predicted octanol–water partition coefficient (Wildman–Crippen LogP) is 6.41. The second-order valence-electron chi connectivity index (χ2n) is 9.97. The van der Waals surface area contributed by atoms with E-state index in [1.807, 2.05) is 18.2 Å². The molecule has 0 aliphatic carbocycles. The summed E-state index contributed by atoms with van der Waals surface area (Å²) in [5.41, 5.74) is 2.78. The number of aryl methyl sites for hydroxylation is 1. The molecule has 0 spiro atoms. The van der Waals surface area contributed by atoms with Crippen LogP contribution >= 0.6 is 11.8 Å². The van der Waals surface area contributed by atoms with Crippen LogP contribution in [0, 0.1) is 0 Å². The molecule has 2 atom stereocenters. The summed E-state index contributed by atoms with van der Waals surface area (Å²) in [4.78, 5) is 34.6. The van der Waals surface area contributed by atoms with Gasteiger partial charge in [0.05, 0.1) is 17.8 Å². The van der Waals surface area contributed by atoms with Gasteiger partial charge in [0.2, 0.25) is 5.91 Å². The number of hydrogen-bond acceptors (Lipinski definition) is 5. The van der Waals surface area contributed by atoms with Crippen LogP contribution in [0.1, 0.15) is 100 Å². The number of hydrogen-bond donors (Lipinski definition) is 4. The Kier molecular flexibility index (Phi) is 17.6. The van der Waals surface area contributed by atoms with Crippen LogP contribution in [0.3, 0.4) is 0 Å². The topological polar surface area (TPSA) is 155 Å². The molecular formula is C31H45NO7S. The molecule has 0 aromatic heterocycles. The molecule has 2 rings (SSSR count). The summed E-state index contributed by atoms with van der Waals surface area (Å²) in [6.45, 7) is 2.23. The number of aliphatic hydroxyl groups excluding tert-OH is 1. The number of nitrogens with one attached hydrogen (secondary N) is 1. The predicted molar refractivity (Wildman–Crippen MR) is 160 cm³/mol. The van der Waals surface area contributed by atoms with E-state index in [4.69, 9.17) is 10.2 Å². The summed E-state index contributed by atoms with van der Waals surface area (Å²) in [6, 6.07) is 15.6. The molecule has 8 nitrogen and oxygen atoms in total. The summed E-state index contributed by atoms with van der Waals surface area (Å²) < 4.78 is 0. The lowest BCUT2D eigenvalue weighted by Crippen LogP contribution is -2.17. The highest BCUT2D eigenvalue weighted by Gasteiger charge is 2.23. The molecule has 0 radical (unpaired) electrons. The normalized spacial score (nSPS) is 12.2. The van der Waals surface area contributed by atoms with E-state index in [0.29, 0.717) is 18.5 Å². The fourth-order valence-corrected chi connectivity index (χ4v) is 5.61. The highest BCUT2D eigenvalue weighted by atomic mass is 32.2. The van der Waals surface area contributed by atoms with E-state index >= 15 is 0 Å². The molecule has 2 aromatic rings. The highest BCUT2D eigenvalue weighted by molar-refractivity contribution is 7.99. The fourth-order valence-electron chi connectivity index (χ4n) is 4.38. The first-order chi connectivity index (χ1) is 18.8. The van der Waals surface area contributed by atoms with Gasteiger partial charge in [0.1, 0.15) is 0 Å². The van der Waals surface area contributed by atoms with E-state index in [2.05, 4.69) is 24.4 Å². The third kappa shape index (κ3) is 14.5. The lowest BCUT2D eigenvalue weighted by Gasteiger charge is -2.23. The number of aliphatic hydroxyl groups is 1. The average Bonchev–Trinajstić information content (AvgIpc) is 2.90. The van der Waals surface area contributed by atoms with E-state index in [1.165, 1.54) is 55.9 Å². The van der Waals surface area contributed by atoms with Crippen molar-refractivity contribution in [2.75, 3.05) is 5.32 Å². The summed E-state index contributed by atoms with van der Waals surface area (Å²) in [5.74, 6) is -2.28. The van der Waals surface area contributed by atoms with Crippen molar-refractivity contribution in [3.8, 4) is 0 Å². The number of carboxylic acid groups (broad SMARTS) is 2. The number of aliphatic carboxylic acids is 2. The van der Waals surface area contributed by atoms with Crippen LogP contribution in [0.25, 0.3) is 0 Å². The Bertz CT molecular complexity index is 1030. The number of amides is 1. The van der Waals surface area contributed by atoms with E-state index in [-0.39, 0.29) is 35.9 Å². The van der Waals surface area contributed by atoms with Crippen LogP contribution in [-0.4, -0.2) is 44.7 Å². The SMILES string of the molecule is CCCCCCCCCc1ccc(C(Sc2cccc(NC(=O)CCC(=O)O)c2)C(O)CCCC(=O)O)cc1.O. The monoisotopic (exact) mass is 575 g/mol. The Labute approximate surface area is 241 Å². The first kappa shape index (κ1) is 35.1. The highest BCUT2D eigenvalue weighted by Crippen LogP contribution is 2.40. The Morgan fingerprint density at radius 1 is 0.825 bits per heavy atom. The van der Waals surface area contributed by atoms with Crippen molar-refractivity contribution in [3.05, 3.63) is 59.7 Å². The molecule has 222 valence electrons. The molecule has 0 aliphatic rings. The second-order valence-corrected chi connectivity index (χ2v) is 11.2. The van der Waals surface area contributed by atoms with Gasteiger partial charge in [0.15, 0.2) is 0 Å². The second kappa shape index (κ2) is 20.1. The van der Waals surface area contributed by atoms with E-state index in [0.717, 1.165) is 23.3 Å². The zero-order valence-electron chi connectivity index (χ0n) is 23.4. The molecule has 1 amide bonds. The Hall–Kier alpha value is -2.88. The molecule has 40 heavy (non-hydrogen) atoms. The van der Waals surface area contributed by atoms with E-state index in [1.54, 1.807) is 18.2 Å². The largest absolute Gasteiger partial charge is 0.481 e. The van der Waals surface area contributed by atoms with Crippen LogP contribution in [-0.2, 0) is 20.8 Å². The van der Waals surface area contributed by atoms with Crippen LogP contribution in [0.2, 0.25) is 0 Å². The maximum absolute atomic E-state index is 12.1. The molecule has 9 heteroatoms. The average molecular weight is 576 g/mol. The van der Waals surface area contributed by atoms with Gasteiger partial charge < -0.3 is 26.1 Å². The zero-order valence-corrected chi connectivity index (χ0v) is 24.3. The smallest absolute Gasteiger partial charge is 0.303 e. The van der Waals surface area contributed by atoms with Crippen molar-refractivity contribution in [2.24, 2.45) is 0 Å². The molecule has 0 aliphatic heterocycles. The molecule has 0 bridgehead atoms. The third-order valence-electron chi connectivity index (χ3n) is 6.56. The maximum Gasteiger partial charge on any atom is 0.303 e.